The van der Waals surface area contributed by atoms with Gasteiger partial charge in [0.1, 0.15) is 35.1 Å². The number of nitriles is 1. The molecule has 4 aliphatic rings. The van der Waals surface area contributed by atoms with Crippen LogP contribution in [0.1, 0.15) is 68.9 Å². The van der Waals surface area contributed by atoms with E-state index in [4.69, 9.17) is 9.72 Å². The summed E-state index contributed by atoms with van der Waals surface area (Å²) in [7, 11) is -2.61. The Kier molecular flexibility index (Phi) is 12.5. The minimum Gasteiger partial charge on any atom is -0.453 e. The largest absolute Gasteiger partial charge is 0.453 e. The van der Waals surface area contributed by atoms with Gasteiger partial charge in [0.05, 0.1) is 29.5 Å². The molecule has 1 spiro atoms. The Morgan fingerprint density at radius 2 is 1.76 bits per heavy atom. The van der Waals surface area contributed by atoms with Crippen molar-refractivity contribution < 1.29 is 36.3 Å². The van der Waals surface area contributed by atoms with Crippen LogP contribution in [0.5, 0.6) is 11.5 Å². The number of carbonyl (C=O) groups is 3. The SMILES string of the molecule is CCN(C)S(=O)(=O)Nc1ccc(F)c(Oc2ccc3ncc(N4CCC5(CCN(C(=O)CN6CCC(c7ccc(NC8CCC(=O)NC8=O)cc7F)CC6)CC5)C4)nc3c2)c1C#N. The van der Waals surface area contributed by atoms with E-state index in [1.54, 1.807) is 43.5 Å². The number of aromatic nitrogens is 2. The maximum absolute atomic E-state index is 15.3. The van der Waals surface area contributed by atoms with Crippen molar-refractivity contribution in [2.45, 2.75) is 63.8 Å². The average Bonchev–Trinajstić information content (AvgIpc) is 3.68. The van der Waals surface area contributed by atoms with E-state index >= 15 is 8.78 Å². The molecule has 1 unspecified atom stereocenters. The van der Waals surface area contributed by atoms with Crippen LogP contribution in [0.2, 0.25) is 0 Å². The summed E-state index contributed by atoms with van der Waals surface area (Å²) in [6.07, 6.45) is 6.45. The number of fused-ring (bicyclic) bond motifs is 1. The van der Waals surface area contributed by atoms with Gasteiger partial charge in [-0.15, -0.1) is 0 Å². The minimum absolute atomic E-state index is 0.0252. The molecule has 1 aromatic heterocycles. The molecule has 4 aromatic rings. The average molecular weight is 885 g/mol. The smallest absolute Gasteiger partial charge is 0.301 e. The second-order valence-electron chi connectivity index (χ2n) is 16.9. The van der Waals surface area contributed by atoms with Gasteiger partial charge in [-0.25, -0.2) is 13.8 Å². The Balaban J connectivity index is 0.831. The summed E-state index contributed by atoms with van der Waals surface area (Å²) < 4.78 is 65.0. The number of piperidine rings is 3. The Morgan fingerprint density at radius 1 is 1.00 bits per heavy atom. The van der Waals surface area contributed by atoms with Gasteiger partial charge in [-0.1, -0.05) is 13.0 Å². The quantitative estimate of drug-likeness (QED) is 0.160. The van der Waals surface area contributed by atoms with Crippen molar-refractivity contribution in [2.24, 2.45) is 5.41 Å². The van der Waals surface area contributed by atoms with Crippen LogP contribution in [0.3, 0.4) is 0 Å². The zero-order chi connectivity index (χ0) is 44.5. The Labute approximate surface area is 364 Å². The molecule has 5 heterocycles. The number of ether oxygens (including phenoxy) is 1. The molecule has 4 saturated heterocycles. The Bertz CT molecular complexity index is 2580. The van der Waals surface area contributed by atoms with E-state index in [1.165, 1.54) is 19.2 Å². The number of likely N-dealkylation sites (tertiary alicyclic amines) is 2. The first kappa shape index (κ1) is 43.7. The number of carbonyl (C=O) groups excluding carboxylic acids is 3. The highest BCUT2D eigenvalue weighted by Crippen LogP contribution is 2.42. The fourth-order valence-electron chi connectivity index (χ4n) is 9.00. The van der Waals surface area contributed by atoms with Gasteiger partial charge >= 0.3 is 10.2 Å². The molecule has 3 amide bonds. The van der Waals surface area contributed by atoms with Gasteiger partial charge in [0, 0.05) is 57.9 Å². The second kappa shape index (κ2) is 18.0. The summed E-state index contributed by atoms with van der Waals surface area (Å²) in [6.45, 7) is 6.40. The number of rotatable bonds is 12. The van der Waals surface area contributed by atoms with Gasteiger partial charge in [0.15, 0.2) is 11.6 Å². The number of anilines is 3. The predicted octanol–water partition coefficient (Wildman–Crippen LogP) is 5.10. The minimum atomic E-state index is -3.99. The highest BCUT2D eigenvalue weighted by molar-refractivity contribution is 7.90. The fraction of sp³-hybridized carbons (Fsp3) is 0.455. The summed E-state index contributed by atoms with van der Waals surface area (Å²) in [4.78, 5) is 52.9. The van der Waals surface area contributed by atoms with Crippen LogP contribution in [0, 0.1) is 28.4 Å². The molecule has 0 saturated carbocycles. The third-order valence-corrected chi connectivity index (χ3v) is 14.5. The van der Waals surface area contributed by atoms with Gasteiger partial charge in [0.2, 0.25) is 17.7 Å². The second-order valence-corrected chi connectivity index (χ2v) is 18.7. The molecular formula is C44H50F2N10O6S. The predicted molar refractivity (Wildman–Crippen MR) is 231 cm³/mol. The van der Waals surface area contributed by atoms with Crippen LogP contribution < -0.4 is 25.0 Å². The summed E-state index contributed by atoms with van der Waals surface area (Å²) in [6, 6.07) is 13.3. The third kappa shape index (κ3) is 9.53. The maximum atomic E-state index is 15.3. The molecule has 0 aliphatic carbocycles. The van der Waals surface area contributed by atoms with Crippen LogP contribution in [0.15, 0.2) is 54.7 Å². The standard InChI is InChI=1S/C44H50F2N10O6S/c1-3-53(2)63(60,61)52-35-9-7-33(45)42(32(35)24-47)62-30-5-8-36-38(23-30)50-39(25-48-36)56-21-16-44(27-56)14-19-55(20-15-44)41(58)26-54-17-12-28(13-18-54)31-6-4-29(22-34(31)46)49-37-10-11-40(57)51-43(37)59/h4-9,22-23,25,28,37,49,52H,3,10-21,26-27H2,1-2H3,(H,51,57,59). The van der Waals surface area contributed by atoms with Crippen molar-refractivity contribution in [2.75, 3.05) is 74.3 Å². The number of amides is 3. The monoisotopic (exact) mass is 884 g/mol. The first-order chi connectivity index (χ1) is 30.2. The van der Waals surface area contributed by atoms with Gasteiger partial charge < -0.3 is 19.9 Å². The fourth-order valence-corrected chi connectivity index (χ4v) is 9.94. The molecule has 0 radical (unpaired) electrons. The van der Waals surface area contributed by atoms with E-state index in [2.05, 4.69) is 30.1 Å². The molecule has 4 fully saturated rings. The van der Waals surface area contributed by atoms with Crippen LogP contribution >= 0.6 is 0 Å². The third-order valence-electron chi connectivity index (χ3n) is 12.9. The van der Waals surface area contributed by atoms with Crippen molar-refractivity contribution in [1.82, 2.24) is 29.4 Å². The van der Waals surface area contributed by atoms with E-state index in [0.717, 1.165) is 55.6 Å². The van der Waals surface area contributed by atoms with Crippen molar-refractivity contribution in [1.29, 1.82) is 5.26 Å². The normalized spacial score (nSPS) is 19.7. The lowest BCUT2D eigenvalue weighted by Crippen LogP contribution is -2.48. The van der Waals surface area contributed by atoms with E-state index < -0.39 is 33.7 Å². The maximum Gasteiger partial charge on any atom is 0.301 e. The molecule has 19 heteroatoms. The topological polar surface area (TPSA) is 193 Å². The zero-order valence-electron chi connectivity index (χ0n) is 35.2. The van der Waals surface area contributed by atoms with Crippen LogP contribution in [-0.2, 0) is 24.6 Å². The van der Waals surface area contributed by atoms with Gasteiger partial charge in [-0.05, 0) is 105 Å². The Morgan fingerprint density at radius 3 is 2.48 bits per heavy atom. The molecule has 4 aliphatic heterocycles. The highest BCUT2D eigenvalue weighted by atomic mass is 32.2. The first-order valence-electron chi connectivity index (χ1n) is 21.3. The number of hydrogen-bond donors (Lipinski definition) is 3. The van der Waals surface area contributed by atoms with E-state index in [0.29, 0.717) is 67.2 Å². The first-order valence-corrected chi connectivity index (χ1v) is 22.7. The number of hydrogen-bond acceptors (Lipinski definition) is 12. The van der Waals surface area contributed by atoms with E-state index in [1.807, 2.05) is 11.0 Å². The number of halogens is 2. The lowest BCUT2D eigenvalue weighted by atomic mass is 9.78. The van der Waals surface area contributed by atoms with Crippen LogP contribution in [0.4, 0.5) is 26.0 Å². The number of nitrogens with zero attached hydrogens (tertiary/aromatic N) is 7. The van der Waals surface area contributed by atoms with Crippen LogP contribution in [0.25, 0.3) is 11.0 Å². The van der Waals surface area contributed by atoms with Gasteiger partial charge in [-0.2, -0.15) is 18.0 Å². The summed E-state index contributed by atoms with van der Waals surface area (Å²) in [5.41, 5.74) is 1.81. The molecule has 332 valence electrons. The molecule has 63 heavy (non-hydrogen) atoms. The molecule has 3 aromatic carbocycles. The van der Waals surface area contributed by atoms with Crippen LogP contribution in [-0.4, -0.2) is 116 Å². The molecular weight excluding hydrogens is 835 g/mol. The number of benzene rings is 3. The highest BCUT2D eigenvalue weighted by Gasteiger charge is 2.42. The Hall–Kier alpha value is -5.97. The molecule has 8 rings (SSSR count). The van der Waals surface area contributed by atoms with Crippen molar-refractivity contribution in [3.8, 4) is 17.6 Å². The molecule has 0 bridgehead atoms. The van der Waals surface area contributed by atoms with Gasteiger partial charge in [-0.3, -0.25) is 34.3 Å². The lowest BCUT2D eigenvalue weighted by molar-refractivity contribution is -0.135. The molecule has 1 atom stereocenters. The number of imide groups is 1. The van der Waals surface area contributed by atoms with Gasteiger partial charge in [0.25, 0.3) is 0 Å². The summed E-state index contributed by atoms with van der Waals surface area (Å²) in [5, 5.41) is 15.3. The van der Waals surface area contributed by atoms with Crippen molar-refractivity contribution >= 4 is 56.2 Å². The zero-order valence-corrected chi connectivity index (χ0v) is 36.0. The van der Waals surface area contributed by atoms with Crippen molar-refractivity contribution in [3.05, 3.63) is 77.5 Å². The van der Waals surface area contributed by atoms with E-state index in [-0.39, 0.29) is 58.9 Å². The summed E-state index contributed by atoms with van der Waals surface area (Å²) >= 11 is 0. The lowest BCUT2D eigenvalue weighted by Gasteiger charge is -2.40. The van der Waals surface area contributed by atoms with Crippen molar-refractivity contribution in [3.63, 3.8) is 0 Å². The molecule has 16 nitrogen and oxygen atoms in total. The molecule has 3 N–H and O–H groups in total. The summed E-state index contributed by atoms with van der Waals surface area (Å²) in [5.74, 6) is -1.30. The van der Waals surface area contributed by atoms with E-state index in [9.17, 15) is 28.1 Å². The number of nitrogens with one attached hydrogen (secondary N) is 3.